The molecule has 7 nitrogen and oxygen atoms in total. The average Bonchev–Trinajstić information content (AvgIpc) is 2.60. The highest BCUT2D eigenvalue weighted by molar-refractivity contribution is 7.92. The lowest BCUT2D eigenvalue weighted by Crippen LogP contribution is -2.41. The summed E-state index contributed by atoms with van der Waals surface area (Å²) in [6, 6.07) is 12.5. The minimum absolute atomic E-state index is 0.00279. The van der Waals surface area contributed by atoms with E-state index in [0.717, 1.165) is 0 Å². The molecule has 1 N–H and O–H groups in total. The minimum atomic E-state index is -3.89. The van der Waals surface area contributed by atoms with E-state index in [0.29, 0.717) is 23.5 Å². The summed E-state index contributed by atoms with van der Waals surface area (Å²) in [5, 5.41) is 8.93. The zero-order valence-corrected chi connectivity index (χ0v) is 15.1. The first kappa shape index (κ1) is 17.8. The first-order valence-electron chi connectivity index (χ1n) is 7.92. The van der Waals surface area contributed by atoms with Gasteiger partial charge >= 0.3 is 0 Å². The van der Waals surface area contributed by atoms with Gasteiger partial charge in [0.1, 0.15) is 11.9 Å². The molecule has 134 valence electrons. The fourth-order valence-electron chi connectivity index (χ4n) is 2.75. The van der Waals surface area contributed by atoms with Gasteiger partial charge in [0, 0.05) is 6.92 Å². The number of nitrogens with one attached hydrogen (secondary N) is 1. The van der Waals surface area contributed by atoms with Gasteiger partial charge in [-0.3, -0.25) is 9.52 Å². The molecule has 0 aromatic heterocycles. The highest BCUT2D eigenvalue weighted by Gasteiger charge is 2.27. The minimum Gasteiger partial charge on any atom is -0.487 e. The van der Waals surface area contributed by atoms with Gasteiger partial charge in [-0.2, -0.15) is 5.26 Å². The van der Waals surface area contributed by atoms with Crippen LogP contribution < -0.4 is 14.4 Å². The van der Waals surface area contributed by atoms with Gasteiger partial charge in [0.05, 0.1) is 34.4 Å². The molecule has 1 atom stereocenters. The van der Waals surface area contributed by atoms with Gasteiger partial charge in [-0.05, 0) is 43.3 Å². The van der Waals surface area contributed by atoms with E-state index in [4.69, 9.17) is 10.00 Å². The van der Waals surface area contributed by atoms with Crippen LogP contribution >= 0.6 is 0 Å². The summed E-state index contributed by atoms with van der Waals surface area (Å²) >= 11 is 0. The van der Waals surface area contributed by atoms with Crippen molar-refractivity contribution in [3.05, 3.63) is 48.0 Å². The summed E-state index contributed by atoms with van der Waals surface area (Å²) in [4.78, 5) is 13.4. The number of nitriles is 1. The zero-order valence-electron chi connectivity index (χ0n) is 14.3. The van der Waals surface area contributed by atoms with E-state index in [9.17, 15) is 13.2 Å². The van der Waals surface area contributed by atoms with Crippen LogP contribution in [-0.2, 0) is 14.8 Å². The van der Waals surface area contributed by atoms with Crippen molar-refractivity contribution in [2.45, 2.75) is 24.8 Å². The maximum atomic E-state index is 12.7. The number of sulfonamides is 1. The number of anilines is 2. The molecule has 0 bridgehead atoms. The van der Waals surface area contributed by atoms with Crippen molar-refractivity contribution in [1.82, 2.24) is 0 Å². The molecule has 2 aromatic carbocycles. The molecule has 1 heterocycles. The third kappa shape index (κ3) is 3.48. The van der Waals surface area contributed by atoms with E-state index < -0.39 is 10.0 Å². The Hall–Kier alpha value is -3.05. The zero-order chi connectivity index (χ0) is 18.9. The second-order valence-electron chi connectivity index (χ2n) is 5.99. The van der Waals surface area contributed by atoms with Gasteiger partial charge in [-0.15, -0.1) is 0 Å². The van der Waals surface area contributed by atoms with Crippen LogP contribution in [0.4, 0.5) is 11.4 Å². The highest BCUT2D eigenvalue weighted by Crippen LogP contribution is 2.35. The Morgan fingerprint density at radius 3 is 2.77 bits per heavy atom. The van der Waals surface area contributed by atoms with Gasteiger partial charge in [-0.1, -0.05) is 6.07 Å². The standard InChI is InChI=1S/C18H17N3O4S/c1-12-11-21(13(2)22)17-9-16(6-7-18(17)25-12)26(23,24)20-15-5-3-4-14(8-15)10-19/h3-9,12,20H,11H2,1-2H3. The van der Waals surface area contributed by atoms with Crippen LogP contribution in [0.15, 0.2) is 47.4 Å². The van der Waals surface area contributed by atoms with Crippen LogP contribution in [0.25, 0.3) is 0 Å². The third-order valence-corrected chi connectivity index (χ3v) is 5.30. The van der Waals surface area contributed by atoms with Crippen molar-refractivity contribution in [2.75, 3.05) is 16.2 Å². The van der Waals surface area contributed by atoms with Crippen LogP contribution in [0.5, 0.6) is 5.75 Å². The second kappa shape index (κ2) is 6.69. The smallest absolute Gasteiger partial charge is 0.261 e. The summed E-state index contributed by atoms with van der Waals surface area (Å²) in [6.45, 7) is 3.62. The largest absolute Gasteiger partial charge is 0.487 e. The number of benzene rings is 2. The van der Waals surface area contributed by atoms with Crippen molar-refractivity contribution >= 4 is 27.3 Å². The molecular weight excluding hydrogens is 354 g/mol. The Labute approximate surface area is 151 Å². The molecule has 0 saturated heterocycles. The number of amides is 1. The maximum Gasteiger partial charge on any atom is 0.261 e. The summed E-state index contributed by atoms with van der Waals surface area (Å²) < 4.78 is 33.5. The molecule has 0 radical (unpaired) electrons. The Balaban J connectivity index is 1.97. The summed E-state index contributed by atoms with van der Waals surface area (Å²) in [5.74, 6) is 0.273. The summed E-state index contributed by atoms with van der Waals surface area (Å²) in [7, 11) is -3.89. The van der Waals surface area contributed by atoms with E-state index >= 15 is 0 Å². The maximum absolute atomic E-state index is 12.7. The Morgan fingerprint density at radius 2 is 2.08 bits per heavy atom. The van der Waals surface area contributed by atoms with Crippen LogP contribution in [0, 0.1) is 11.3 Å². The number of ether oxygens (including phenoxy) is 1. The van der Waals surface area contributed by atoms with Gasteiger partial charge < -0.3 is 9.64 Å². The molecule has 8 heteroatoms. The van der Waals surface area contributed by atoms with Crippen molar-refractivity contribution < 1.29 is 17.9 Å². The predicted octanol–water partition coefficient (Wildman–Crippen LogP) is 2.49. The lowest BCUT2D eigenvalue weighted by molar-refractivity contribution is -0.117. The molecule has 0 fully saturated rings. The third-order valence-electron chi connectivity index (χ3n) is 3.92. The fourth-order valence-corrected chi connectivity index (χ4v) is 3.82. The molecule has 26 heavy (non-hydrogen) atoms. The fraction of sp³-hybridized carbons (Fsp3) is 0.222. The van der Waals surface area contributed by atoms with Crippen LogP contribution in [0.2, 0.25) is 0 Å². The number of rotatable bonds is 3. The first-order chi connectivity index (χ1) is 12.3. The van der Waals surface area contributed by atoms with Gasteiger partial charge in [0.2, 0.25) is 5.91 Å². The quantitative estimate of drug-likeness (QED) is 0.893. The number of nitrogens with zero attached hydrogens (tertiary/aromatic N) is 2. The molecular formula is C18H17N3O4S. The van der Waals surface area contributed by atoms with Gasteiger partial charge in [0.25, 0.3) is 10.0 Å². The SMILES string of the molecule is CC(=O)N1CC(C)Oc2ccc(S(=O)(=O)Nc3cccc(C#N)c3)cc21. The van der Waals surface area contributed by atoms with Crippen molar-refractivity contribution in [3.63, 3.8) is 0 Å². The predicted molar refractivity (Wildman–Crippen MR) is 96.5 cm³/mol. The number of carbonyl (C=O) groups excluding carboxylic acids is 1. The molecule has 1 aliphatic rings. The molecule has 1 aliphatic heterocycles. The van der Waals surface area contributed by atoms with Crippen molar-refractivity contribution in [3.8, 4) is 11.8 Å². The van der Waals surface area contributed by atoms with E-state index in [1.165, 1.54) is 30.0 Å². The first-order valence-corrected chi connectivity index (χ1v) is 9.40. The number of fused-ring (bicyclic) bond motifs is 1. The molecule has 1 unspecified atom stereocenters. The normalized spacial score (nSPS) is 16.2. The lowest BCUT2D eigenvalue weighted by Gasteiger charge is -2.33. The van der Waals surface area contributed by atoms with E-state index in [1.54, 1.807) is 24.3 Å². The molecule has 1 amide bonds. The number of carbonyl (C=O) groups is 1. The van der Waals surface area contributed by atoms with Crippen LogP contribution in [0.3, 0.4) is 0 Å². The number of hydrogen-bond donors (Lipinski definition) is 1. The Bertz CT molecular complexity index is 1010. The Kier molecular flexibility index (Phi) is 4.57. The molecule has 2 aromatic rings. The number of hydrogen-bond acceptors (Lipinski definition) is 5. The lowest BCUT2D eigenvalue weighted by atomic mass is 10.2. The average molecular weight is 371 g/mol. The van der Waals surface area contributed by atoms with Gasteiger partial charge in [0.15, 0.2) is 0 Å². The molecule has 3 rings (SSSR count). The summed E-state index contributed by atoms with van der Waals surface area (Å²) in [5.41, 5.74) is 1.06. The molecule has 0 spiro atoms. The molecule has 0 saturated carbocycles. The van der Waals surface area contributed by atoms with Crippen LogP contribution in [-0.4, -0.2) is 27.0 Å². The molecule has 0 aliphatic carbocycles. The summed E-state index contributed by atoms with van der Waals surface area (Å²) in [6.07, 6.45) is -0.180. The monoisotopic (exact) mass is 371 g/mol. The van der Waals surface area contributed by atoms with Crippen molar-refractivity contribution in [2.24, 2.45) is 0 Å². The van der Waals surface area contributed by atoms with Crippen LogP contribution in [0.1, 0.15) is 19.4 Å². The van der Waals surface area contributed by atoms with E-state index in [1.807, 2.05) is 13.0 Å². The van der Waals surface area contributed by atoms with Gasteiger partial charge in [-0.25, -0.2) is 8.42 Å². The Morgan fingerprint density at radius 1 is 1.31 bits per heavy atom. The highest BCUT2D eigenvalue weighted by atomic mass is 32.2. The van der Waals surface area contributed by atoms with E-state index in [2.05, 4.69) is 4.72 Å². The topological polar surface area (TPSA) is 99.5 Å². The van der Waals surface area contributed by atoms with Crippen molar-refractivity contribution in [1.29, 1.82) is 5.26 Å². The second-order valence-corrected chi connectivity index (χ2v) is 7.67. The van der Waals surface area contributed by atoms with E-state index in [-0.39, 0.29) is 22.6 Å².